The lowest BCUT2D eigenvalue weighted by Crippen LogP contribution is -1.95. The molecule has 2 nitrogen and oxygen atoms in total. The second-order valence-corrected chi connectivity index (χ2v) is 6.39. The first-order valence-corrected chi connectivity index (χ1v) is 8.00. The lowest BCUT2D eigenvalue weighted by atomic mass is 10.1. The van der Waals surface area contributed by atoms with Crippen molar-refractivity contribution in [2.45, 2.75) is 11.2 Å². The van der Waals surface area contributed by atoms with Gasteiger partial charge < -0.3 is 0 Å². The van der Waals surface area contributed by atoms with Gasteiger partial charge in [-0.05, 0) is 36.2 Å². The summed E-state index contributed by atoms with van der Waals surface area (Å²) in [5.74, 6) is 0. The van der Waals surface area contributed by atoms with Gasteiger partial charge >= 0.3 is 0 Å². The van der Waals surface area contributed by atoms with Gasteiger partial charge in [-0.1, -0.05) is 57.9 Å². The number of halogens is 2. The Balaban J connectivity index is 1.75. The van der Waals surface area contributed by atoms with E-state index in [1.807, 2.05) is 53.3 Å². The Kier molecular flexibility index (Phi) is 4.42. The van der Waals surface area contributed by atoms with Gasteiger partial charge in [0.05, 0.1) is 11.9 Å². The Morgan fingerprint density at radius 3 is 2.48 bits per heavy atom. The average molecular weight is 362 g/mol. The molecule has 0 fully saturated rings. The minimum absolute atomic E-state index is 0.233. The van der Waals surface area contributed by atoms with Crippen LogP contribution in [0, 0.1) is 0 Å². The third kappa shape index (κ3) is 3.55. The molecular weight excluding hydrogens is 348 g/mol. The summed E-state index contributed by atoms with van der Waals surface area (Å²) in [5, 5.41) is 5.19. The van der Waals surface area contributed by atoms with Gasteiger partial charge in [0.2, 0.25) is 0 Å². The molecule has 0 amide bonds. The van der Waals surface area contributed by atoms with Gasteiger partial charge in [-0.2, -0.15) is 5.10 Å². The fraction of sp³-hybridized carbons (Fsp3) is 0.118. The second kappa shape index (κ2) is 6.46. The highest BCUT2D eigenvalue weighted by Gasteiger charge is 2.11. The largest absolute Gasteiger partial charge is 0.241 e. The van der Waals surface area contributed by atoms with Crippen molar-refractivity contribution >= 4 is 27.5 Å². The fourth-order valence-electron chi connectivity index (χ4n) is 2.17. The molecule has 1 unspecified atom stereocenters. The Labute approximate surface area is 137 Å². The minimum Gasteiger partial charge on any atom is -0.241 e. The van der Waals surface area contributed by atoms with Crippen molar-refractivity contribution in [3.8, 4) is 5.69 Å². The second-order valence-electron chi connectivity index (χ2n) is 4.85. The normalized spacial score (nSPS) is 12.3. The van der Waals surface area contributed by atoms with Gasteiger partial charge in [-0.25, -0.2) is 4.68 Å². The molecule has 0 aliphatic heterocycles. The summed E-state index contributed by atoms with van der Waals surface area (Å²) in [4.78, 5) is 0.233. The molecule has 0 N–H and O–H groups in total. The molecule has 3 rings (SSSR count). The molecule has 0 bridgehead atoms. The molecule has 0 saturated carbocycles. The summed E-state index contributed by atoms with van der Waals surface area (Å²) in [6.45, 7) is 0. The van der Waals surface area contributed by atoms with Crippen LogP contribution in [0.25, 0.3) is 5.69 Å². The molecule has 3 aromatic rings. The zero-order valence-corrected chi connectivity index (χ0v) is 13.6. The summed E-state index contributed by atoms with van der Waals surface area (Å²) in [5.41, 5.74) is 3.47. The zero-order chi connectivity index (χ0) is 14.7. The molecule has 0 saturated heterocycles. The van der Waals surface area contributed by atoms with Crippen molar-refractivity contribution in [1.82, 2.24) is 9.78 Å². The van der Waals surface area contributed by atoms with E-state index in [4.69, 9.17) is 11.6 Å². The van der Waals surface area contributed by atoms with Crippen LogP contribution in [-0.4, -0.2) is 9.78 Å². The summed E-state index contributed by atoms with van der Waals surface area (Å²) in [6, 6.07) is 18.1. The van der Waals surface area contributed by atoms with Crippen LogP contribution in [0.3, 0.4) is 0 Å². The molecule has 106 valence electrons. The van der Waals surface area contributed by atoms with Crippen LogP contribution < -0.4 is 0 Å². The van der Waals surface area contributed by atoms with E-state index in [0.717, 1.165) is 22.7 Å². The SMILES string of the molecule is Clc1ccc(CC(Br)c2cnn(-c3ccccc3)c2)cc1. The average Bonchev–Trinajstić information content (AvgIpc) is 3.00. The van der Waals surface area contributed by atoms with Crippen LogP contribution >= 0.6 is 27.5 Å². The van der Waals surface area contributed by atoms with Crippen molar-refractivity contribution in [3.05, 3.63) is 83.1 Å². The van der Waals surface area contributed by atoms with Crippen molar-refractivity contribution in [3.63, 3.8) is 0 Å². The minimum atomic E-state index is 0.233. The van der Waals surface area contributed by atoms with Gasteiger partial charge in [-0.15, -0.1) is 0 Å². The molecule has 0 aliphatic rings. The van der Waals surface area contributed by atoms with Crippen molar-refractivity contribution in [2.24, 2.45) is 0 Å². The summed E-state index contributed by atoms with van der Waals surface area (Å²) in [7, 11) is 0. The van der Waals surface area contributed by atoms with Crippen LogP contribution in [0.5, 0.6) is 0 Å². The molecule has 2 aromatic carbocycles. The van der Waals surface area contributed by atoms with Crippen LogP contribution in [0.15, 0.2) is 67.0 Å². The van der Waals surface area contributed by atoms with Gasteiger partial charge in [-0.3, -0.25) is 0 Å². The lowest BCUT2D eigenvalue weighted by Gasteiger charge is -2.07. The van der Waals surface area contributed by atoms with E-state index in [-0.39, 0.29) is 4.83 Å². The molecule has 0 spiro atoms. The van der Waals surface area contributed by atoms with E-state index < -0.39 is 0 Å². The first-order valence-electron chi connectivity index (χ1n) is 6.71. The highest BCUT2D eigenvalue weighted by atomic mass is 79.9. The molecule has 1 atom stereocenters. The number of alkyl halides is 1. The predicted octanol–water partition coefficient (Wildman–Crippen LogP) is 5.20. The Morgan fingerprint density at radius 1 is 1.05 bits per heavy atom. The highest BCUT2D eigenvalue weighted by molar-refractivity contribution is 9.09. The van der Waals surface area contributed by atoms with E-state index in [2.05, 4.69) is 39.4 Å². The quantitative estimate of drug-likeness (QED) is 0.584. The Morgan fingerprint density at radius 2 is 1.76 bits per heavy atom. The van der Waals surface area contributed by atoms with Crippen molar-refractivity contribution in [1.29, 1.82) is 0 Å². The topological polar surface area (TPSA) is 17.8 Å². The number of rotatable bonds is 4. The molecule has 0 radical (unpaired) electrons. The maximum atomic E-state index is 5.91. The summed E-state index contributed by atoms with van der Waals surface area (Å²) >= 11 is 9.65. The summed E-state index contributed by atoms with van der Waals surface area (Å²) in [6.07, 6.45) is 4.87. The van der Waals surface area contributed by atoms with E-state index in [0.29, 0.717) is 0 Å². The van der Waals surface area contributed by atoms with E-state index in [9.17, 15) is 0 Å². The molecule has 4 heteroatoms. The highest BCUT2D eigenvalue weighted by Crippen LogP contribution is 2.27. The Bertz CT molecular complexity index is 707. The number of nitrogens with zero attached hydrogens (tertiary/aromatic N) is 2. The monoisotopic (exact) mass is 360 g/mol. The molecule has 1 heterocycles. The molecule has 1 aromatic heterocycles. The third-order valence-electron chi connectivity index (χ3n) is 3.31. The third-order valence-corrected chi connectivity index (χ3v) is 4.42. The van der Waals surface area contributed by atoms with Gasteiger partial charge in [0, 0.05) is 21.6 Å². The van der Waals surface area contributed by atoms with Crippen LogP contribution in [0.1, 0.15) is 16.0 Å². The standard InChI is InChI=1S/C17H14BrClN2/c18-17(10-13-6-8-15(19)9-7-13)14-11-20-21(12-14)16-4-2-1-3-5-16/h1-9,11-12,17H,10H2. The van der Waals surface area contributed by atoms with Gasteiger partial charge in [0.1, 0.15) is 0 Å². The van der Waals surface area contributed by atoms with Crippen molar-refractivity contribution in [2.75, 3.05) is 0 Å². The number of aromatic nitrogens is 2. The first-order chi connectivity index (χ1) is 10.2. The number of benzene rings is 2. The number of para-hydroxylation sites is 1. The van der Waals surface area contributed by atoms with Crippen LogP contribution in [0.4, 0.5) is 0 Å². The first kappa shape index (κ1) is 14.4. The molecular formula is C17H14BrClN2. The summed E-state index contributed by atoms with van der Waals surface area (Å²) < 4.78 is 1.89. The van der Waals surface area contributed by atoms with E-state index in [1.54, 1.807) is 0 Å². The van der Waals surface area contributed by atoms with E-state index in [1.165, 1.54) is 5.56 Å². The maximum Gasteiger partial charge on any atom is 0.0645 e. The Hall–Kier alpha value is -1.58. The molecule has 0 aliphatic carbocycles. The zero-order valence-electron chi connectivity index (χ0n) is 11.3. The van der Waals surface area contributed by atoms with Gasteiger partial charge in [0.15, 0.2) is 0 Å². The van der Waals surface area contributed by atoms with E-state index >= 15 is 0 Å². The van der Waals surface area contributed by atoms with Crippen molar-refractivity contribution < 1.29 is 0 Å². The number of hydrogen-bond acceptors (Lipinski definition) is 1. The predicted molar refractivity (Wildman–Crippen MR) is 90.4 cm³/mol. The lowest BCUT2D eigenvalue weighted by molar-refractivity contribution is 0.878. The fourth-order valence-corrected chi connectivity index (χ4v) is 2.90. The maximum absolute atomic E-state index is 5.91. The van der Waals surface area contributed by atoms with Gasteiger partial charge in [0.25, 0.3) is 0 Å². The number of hydrogen-bond donors (Lipinski definition) is 0. The van der Waals surface area contributed by atoms with Crippen LogP contribution in [-0.2, 0) is 6.42 Å². The van der Waals surface area contributed by atoms with Crippen LogP contribution in [0.2, 0.25) is 5.02 Å². The molecule has 21 heavy (non-hydrogen) atoms. The smallest absolute Gasteiger partial charge is 0.0645 e.